The second-order valence-corrected chi connectivity index (χ2v) is 8.90. The molecular weight excluding hydrogens is 438 g/mol. The first-order valence-electron chi connectivity index (χ1n) is 10.4. The Morgan fingerprint density at radius 3 is 2.67 bits per heavy atom. The van der Waals surface area contributed by atoms with E-state index in [4.69, 9.17) is 4.74 Å². The molecule has 0 saturated carbocycles. The number of ether oxygens (including phenoxy) is 1. The van der Waals surface area contributed by atoms with Crippen LogP contribution in [0.3, 0.4) is 0 Å². The molecule has 1 aliphatic rings. The SMILES string of the molecule is C=CCn1c(SCC(=O)N2c3ccccc3NC(=O)C2(C)C)nnc1-c1ccccc1OC. The minimum atomic E-state index is -1.02. The van der Waals surface area contributed by atoms with Crippen LogP contribution >= 0.6 is 11.8 Å². The van der Waals surface area contributed by atoms with Gasteiger partial charge in [-0.05, 0) is 38.1 Å². The lowest BCUT2D eigenvalue weighted by Crippen LogP contribution is -2.59. The summed E-state index contributed by atoms with van der Waals surface area (Å²) >= 11 is 1.27. The van der Waals surface area contributed by atoms with Crippen LogP contribution in [0, 0.1) is 0 Å². The van der Waals surface area contributed by atoms with Gasteiger partial charge in [0.2, 0.25) is 11.8 Å². The third-order valence-electron chi connectivity index (χ3n) is 5.46. The highest BCUT2D eigenvalue weighted by Crippen LogP contribution is 2.37. The highest BCUT2D eigenvalue weighted by atomic mass is 32.2. The molecule has 170 valence electrons. The molecule has 1 aliphatic heterocycles. The molecule has 1 N–H and O–H groups in total. The third kappa shape index (κ3) is 4.11. The second-order valence-electron chi connectivity index (χ2n) is 7.95. The van der Waals surface area contributed by atoms with Gasteiger partial charge in [0, 0.05) is 6.54 Å². The predicted molar refractivity (Wildman–Crippen MR) is 130 cm³/mol. The van der Waals surface area contributed by atoms with E-state index >= 15 is 0 Å². The quantitative estimate of drug-likeness (QED) is 0.421. The summed E-state index contributed by atoms with van der Waals surface area (Å²) < 4.78 is 7.37. The Hall–Kier alpha value is -3.59. The van der Waals surface area contributed by atoms with Crippen LogP contribution in [0.25, 0.3) is 11.4 Å². The molecule has 0 radical (unpaired) electrons. The van der Waals surface area contributed by atoms with E-state index in [1.165, 1.54) is 11.8 Å². The van der Waals surface area contributed by atoms with Crippen molar-refractivity contribution < 1.29 is 14.3 Å². The van der Waals surface area contributed by atoms with Crippen molar-refractivity contribution in [1.82, 2.24) is 14.8 Å². The lowest BCUT2D eigenvalue weighted by molar-refractivity contribution is -0.125. The van der Waals surface area contributed by atoms with Crippen LogP contribution in [0.2, 0.25) is 0 Å². The molecule has 0 saturated heterocycles. The number of thioether (sulfide) groups is 1. The van der Waals surface area contributed by atoms with Crippen molar-refractivity contribution >= 4 is 35.0 Å². The van der Waals surface area contributed by atoms with Crippen molar-refractivity contribution in [2.75, 3.05) is 23.1 Å². The van der Waals surface area contributed by atoms with Gasteiger partial charge in [-0.3, -0.25) is 19.1 Å². The number of methoxy groups -OCH3 is 1. The number of rotatable bonds is 7. The average Bonchev–Trinajstić information content (AvgIpc) is 3.20. The number of para-hydroxylation sites is 3. The monoisotopic (exact) mass is 463 g/mol. The Kier molecular flexibility index (Phi) is 6.24. The van der Waals surface area contributed by atoms with E-state index in [-0.39, 0.29) is 17.6 Å². The molecule has 4 rings (SSSR count). The summed E-state index contributed by atoms with van der Waals surface area (Å²) in [5.41, 5.74) is 1.07. The smallest absolute Gasteiger partial charge is 0.250 e. The third-order valence-corrected chi connectivity index (χ3v) is 6.41. The van der Waals surface area contributed by atoms with Crippen LogP contribution in [0.1, 0.15) is 13.8 Å². The van der Waals surface area contributed by atoms with Crippen LogP contribution in [-0.2, 0) is 16.1 Å². The first kappa shape index (κ1) is 22.6. The molecule has 0 fully saturated rings. The van der Waals surface area contributed by atoms with Gasteiger partial charge in [0.1, 0.15) is 11.3 Å². The highest BCUT2D eigenvalue weighted by Gasteiger charge is 2.43. The van der Waals surface area contributed by atoms with Gasteiger partial charge in [-0.15, -0.1) is 16.8 Å². The zero-order valence-corrected chi connectivity index (χ0v) is 19.6. The molecule has 9 heteroatoms. The first-order chi connectivity index (χ1) is 15.9. The molecule has 0 aliphatic carbocycles. The second kappa shape index (κ2) is 9.11. The van der Waals surface area contributed by atoms with Crippen molar-refractivity contribution in [2.45, 2.75) is 31.1 Å². The molecule has 2 heterocycles. The number of nitrogens with zero attached hydrogens (tertiary/aromatic N) is 4. The van der Waals surface area contributed by atoms with Gasteiger partial charge >= 0.3 is 0 Å². The van der Waals surface area contributed by atoms with Crippen LogP contribution in [0.4, 0.5) is 11.4 Å². The van der Waals surface area contributed by atoms with E-state index in [1.807, 2.05) is 47.0 Å². The van der Waals surface area contributed by atoms with Crippen LogP contribution < -0.4 is 15.0 Å². The number of nitrogens with one attached hydrogen (secondary N) is 1. The molecule has 8 nitrogen and oxygen atoms in total. The molecule has 2 amide bonds. The van der Waals surface area contributed by atoms with Crippen molar-refractivity contribution in [2.24, 2.45) is 0 Å². The summed E-state index contributed by atoms with van der Waals surface area (Å²) in [5, 5.41) is 12.1. The standard InChI is InChI=1S/C24H25N5O3S/c1-5-14-28-21(16-10-6-9-13-19(16)32-4)26-27-23(28)33-15-20(30)29-18-12-8-7-11-17(18)25-22(31)24(29,2)3/h5-13H,1,14-15H2,2-4H3,(H,25,31). The van der Waals surface area contributed by atoms with E-state index in [0.717, 1.165) is 5.56 Å². The summed E-state index contributed by atoms with van der Waals surface area (Å²) in [6.07, 6.45) is 1.75. The summed E-state index contributed by atoms with van der Waals surface area (Å²) in [5.74, 6) is 0.977. The normalized spacial score (nSPS) is 14.4. The zero-order valence-electron chi connectivity index (χ0n) is 18.7. The van der Waals surface area contributed by atoms with Crippen molar-refractivity contribution in [3.63, 3.8) is 0 Å². The van der Waals surface area contributed by atoms with Gasteiger partial charge in [-0.1, -0.05) is 42.1 Å². The molecule has 33 heavy (non-hydrogen) atoms. The van der Waals surface area contributed by atoms with Gasteiger partial charge in [-0.25, -0.2) is 0 Å². The van der Waals surface area contributed by atoms with E-state index in [2.05, 4.69) is 22.1 Å². The topological polar surface area (TPSA) is 89.4 Å². The molecule has 0 spiro atoms. The molecule has 0 unspecified atom stereocenters. The number of aromatic nitrogens is 3. The maximum absolute atomic E-state index is 13.4. The molecule has 2 aromatic carbocycles. The molecule has 1 aromatic heterocycles. The number of benzene rings is 2. The number of carbonyl (C=O) groups is 2. The summed E-state index contributed by atoms with van der Waals surface area (Å²) in [7, 11) is 1.61. The fourth-order valence-electron chi connectivity index (χ4n) is 3.81. The minimum Gasteiger partial charge on any atom is -0.496 e. The fourth-order valence-corrected chi connectivity index (χ4v) is 4.60. The summed E-state index contributed by atoms with van der Waals surface area (Å²) in [4.78, 5) is 27.6. The van der Waals surface area contributed by atoms with E-state index in [0.29, 0.717) is 34.6 Å². The number of fused-ring (bicyclic) bond motifs is 1. The zero-order chi connectivity index (χ0) is 23.6. The van der Waals surface area contributed by atoms with E-state index in [9.17, 15) is 9.59 Å². The van der Waals surface area contributed by atoms with Gasteiger partial charge in [0.25, 0.3) is 0 Å². The Balaban J connectivity index is 1.62. The molecule has 3 aromatic rings. The fraction of sp³-hybridized carbons (Fsp3) is 0.250. The number of carbonyl (C=O) groups excluding carboxylic acids is 2. The minimum absolute atomic E-state index is 0.0895. The van der Waals surface area contributed by atoms with Crippen LogP contribution in [0.15, 0.2) is 66.3 Å². The molecule has 0 atom stereocenters. The van der Waals surface area contributed by atoms with Gasteiger partial charge in [0.05, 0.1) is 29.8 Å². The number of hydrogen-bond acceptors (Lipinski definition) is 6. The Labute approximate surface area is 196 Å². The van der Waals surface area contributed by atoms with E-state index < -0.39 is 5.54 Å². The van der Waals surface area contributed by atoms with Gasteiger partial charge in [0.15, 0.2) is 11.0 Å². The van der Waals surface area contributed by atoms with Crippen LogP contribution in [0.5, 0.6) is 5.75 Å². The number of amides is 2. The largest absolute Gasteiger partial charge is 0.496 e. The molecular formula is C24H25N5O3S. The summed E-state index contributed by atoms with van der Waals surface area (Å²) in [6.45, 7) is 7.78. The van der Waals surface area contributed by atoms with Crippen molar-refractivity contribution in [3.05, 3.63) is 61.2 Å². The van der Waals surface area contributed by atoms with Crippen molar-refractivity contribution in [3.8, 4) is 17.1 Å². The Bertz CT molecular complexity index is 1220. The van der Waals surface area contributed by atoms with Crippen LogP contribution in [-0.4, -0.2) is 45.0 Å². The predicted octanol–water partition coefficient (Wildman–Crippen LogP) is 4.00. The Morgan fingerprint density at radius 1 is 1.18 bits per heavy atom. The average molecular weight is 464 g/mol. The Morgan fingerprint density at radius 2 is 1.91 bits per heavy atom. The maximum Gasteiger partial charge on any atom is 0.250 e. The lowest BCUT2D eigenvalue weighted by atomic mass is 9.96. The molecule has 0 bridgehead atoms. The lowest BCUT2D eigenvalue weighted by Gasteiger charge is -2.42. The number of hydrogen-bond donors (Lipinski definition) is 1. The highest BCUT2D eigenvalue weighted by molar-refractivity contribution is 7.99. The number of anilines is 2. The maximum atomic E-state index is 13.4. The number of allylic oxidation sites excluding steroid dienone is 1. The van der Waals surface area contributed by atoms with Crippen molar-refractivity contribution in [1.29, 1.82) is 0 Å². The first-order valence-corrected chi connectivity index (χ1v) is 11.4. The van der Waals surface area contributed by atoms with Gasteiger partial charge in [-0.2, -0.15) is 0 Å². The van der Waals surface area contributed by atoms with Gasteiger partial charge < -0.3 is 10.1 Å². The summed E-state index contributed by atoms with van der Waals surface area (Å²) in [6, 6.07) is 14.9. The van der Waals surface area contributed by atoms with E-state index in [1.54, 1.807) is 38.0 Å².